The number of hydrogen-bond donors (Lipinski definition) is 2. The highest BCUT2D eigenvalue weighted by Crippen LogP contribution is 2.32. The summed E-state index contributed by atoms with van der Waals surface area (Å²) in [5, 5.41) is 1.04. The summed E-state index contributed by atoms with van der Waals surface area (Å²) in [6.45, 7) is 0. The van der Waals surface area contributed by atoms with Crippen molar-refractivity contribution in [2.24, 2.45) is 0 Å². The molecule has 3 aromatic rings. The normalized spacial score (nSPS) is 10.8. The number of nitrogen functional groups attached to an aromatic ring is 2. The summed E-state index contributed by atoms with van der Waals surface area (Å²) < 4.78 is 1.36. The van der Waals surface area contributed by atoms with Crippen LogP contribution in [0.15, 0.2) is 48.5 Å². The van der Waals surface area contributed by atoms with Crippen molar-refractivity contribution >= 4 is 29.0 Å². The number of nitrogens with zero attached hydrogens (tertiary/aromatic N) is 2. The molecular formula is C15H12Cl2N4. The zero-order valence-electron chi connectivity index (χ0n) is 10.9. The predicted molar refractivity (Wildman–Crippen MR) is 87.7 cm³/mol. The molecule has 0 saturated heterocycles. The molecule has 1 heterocycles. The highest BCUT2D eigenvalue weighted by Gasteiger charge is 2.16. The van der Waals surface area contributed by atoms with Gasteiger partial charge in [-0.15, -0.1) is 0 Å². The molecule has 0 atom stereocenters. The molecule has 4 N–H and O–H groups in total. The minimum absolute atomic E-state index is 0.354. The fourth-order valence-electron chi connectivity index (χ4n) is 2.14. The van der Waals surface area contributed by atoms with Crippen LogP contribution in [0.3, 0.4) is 0 Å². The third-order valence-electron chi connectivity index (χ3n) is 3.12. The maximum absolute atomic E-state index is 6.06. The number of aromatic nitrogens is 2. The second-order valence-corrected chi connectivity index (χ2v) is 5.44. The molecule has 3 rings (SSSR count). The smallest absolute Gasteiger partial charge is 0.160 e. The minimum atomic E-state index is 0.354. The Kier molecular flexibility index (Phi) is 3.49. The molecule has 0 aliphatic heterocycles. The van der Waals surface area contributed by atoms with Gasteiger partial charge in [0.15, 0.2) is 11.6 Å². The van der Waals surface area contributed by atoms with Gasteiger partial charge in [0.25, 0.3) is 0 Å². The molecule has 0 unspecified atom stereocenters. The lowest BCUT2D eigenvalue weighted by molar-refractivity contribution is 1.02. The van der Waals surface area contributed by atoms with Gasteiger partial charge in [0.05, 0.1) is 0 Å². The van der Waals surface area contributed by atoms with E-state index in [-0.39, 0.29) is 0 Å². The number of halogens is 2. The van der Waals surface area contributed by atoms with E-state index in [1.165, 1.54) is 4.68 Å². The van der Waals surface area contributed by atoms with Gasteiger partial charge in [-0.25, -0.2) is 9.66 Å². The van der Waals surface area contributed by atoms with Crippen molar-refractivity contribution in [2.45, 2.75) is 0 Å². The van der Waals surface area contributed by atoms with Crippen LogP contribution in [0.25, 0.3) is 22.6 Å². The molecule has 0 saturated carbocycles. The Morgan fingerprint density at radius 3 is 2.14 bits per heavy atom. The summed E-state index contributed by atoms with van der Waals surface area (Å²) in [5.74, 6) is 6.95. The van der Waals surface area contributed by atoms with Gasteiger partial charge in [-0.2, -0.15) is 0 Å². The van der Waals surface area contributed by atoms with E-state index in [1.807, 2.05) is 30.3 Å². The van der Waals surface area contributed by atoms with Gasteiger partial charge in [0.2, 0.25) is 0 Å². The summed E-state index contributed by atoms with van der Waals surface area (Å²) in [6, 6.07) is 14.7. The summed E-state index contributed by atoms with van der Waals surface area (Å²) in [4.78, 5) is 4.53. The van der Waals surface area contributed by atoms with Gasteiger partial charge in [0, 0.05) is 21.2 Å². The molecule has 0 aliphatic rings. The number of imidazole rings is 1. The van der Waals surface area contributed by atoms with E-state index < -0.39 is 0 Å². The molecule has 2 aromatic carbocycles. The van der Waals surface area contributed by atoms with Gasteiger partial charge < -0.3 is 11.6 Å². The first-order valence-electron chi connectivity index (χ1n) is 6.21. The molecule has 1 aromatic heterocycles. The average Bonchev–Trinajstić information content (AvgIpc) is 2.75. The van der Waals surface area contributed by atoms with E-state index >= 15 is 0 Å². The highest BCUT2D eigenvalue weighted by molar-refractivity contribution is 6.35. The number of rotatable bonds is 2. The first-order chi connectivity index (χ1) is 10.1. The second kappa shape index (κ2) is 5.31. The van der Waals surface area contributed by atoms with Crippen LogP contribution in [-0.4, -0.2) is 9.66 Å². The van der Waals surface area contributed by atoms with Crippen LogP contribution in [0.5, 0.6) is 0 Å². The van der Waals surface area contributed by atoms with Gasteiger partial charge in [-0.3, -0.25) is 0 Å². The second-order valence-electron chi connectivity index (χ2n) is 4.56. The van der Waals surface area contributed by atoms with Crippen molar-refractivity contribution in [3.8, 4) is 22.6 Å². The lowest BCUT2D eigenvalue weighted by atomic mass is 10.1. The summed E-state index contributed by atoms with van der Waals surface area (Å²) in [5.41, 5.74) is 8.23. The first-order valence-corrected chi connectivity index (χ1v) is 6.97. The lowest BCUT2D eigenvalue weighted by Crippen LogP contribution is -2.13. The fraction of sp³-hybridized carbons (Fsp3) is 0. The zero-order valence-corrected chi connectivity index (χ0v) is 12.4. The molecule has 0 spiro atoms. The van der Waals surface area contributed by atoms with E-state index in [1.54, 1.807) is 18.2 Å². The fourth-order valence-corrected chi connectivity index (χ4v) is 2.67. The van der Waals surface area contributed by atoms with Crippen LogP contribution in [-0.2, 0) is 0 Å². The van der Waals surface area contributed by atoms with Crippen molar-refractivity contribution in [3.05, 3.63) is 58.6 Å². The van der Waals surface area contributed by atoms with E-state index in [4.69, 9.17) is 34.8 Å². The van der Waals surface area contributed by atoms with E-state index in [9.17, 15) is 0 Å². The largest absolute Gasteiger partial charge is 0.382 e. The van der Waals surface area contributed by atoms with Crippen molar-refractivity contribution in [1.29, 1.82) is 0 Å². The van der Waals surface area contributed by atoms with Crippen molar-refractivity contribution in [1.82, 2.24) is 9.66 Å². The number of benzene rings is 2. The molecule has 0 fully saturated rings. The Morgan fingerprint density at radius 2 is 1.52 bits per heavy atom. The van der Waals surface area contributed by atoms with Crippen molar-refractivity contribution in [2.75, 3.05) is 11.6 Å². The molecule has 4 nitrogen and oxygen atoms in total. The molecule has 0 amide bonds. The van der Waals surface area contributed by atoms with Crippen molar-refractivity contribution in [3.63, 3.8) is 0 Å². The summed E-state index contributed by atoms with van der Waals surface area (Å²) in [7, 11) is 0. The standard InChI is InChI=1S/C15H12Cl2N4/c16-11-6-10(7-12(17)8-11)13-14(18)21(19)15(20-13)9-4-2-1-3-5-9/h1-8H,18-19H2. The topological polar surface area (TPSA) is 69.9 Å². The molecule has 0 radical (unpaired) electrons. The van der Waals surface area contributed by atoms with Gasteiger partial charge in [0.1, 0.15) is 5.69 Å². The van der Waals surface area contributed by atoms with Gasteiger partial charge >= 0.3 is 0 Å². The Bertz CT molecular complexity index is 777. The Morgan fingerprint density at radius 1 is 0.905 bits per heavy atom. The predicted octanol–water partition coefficient (Wildman–Crippen LogP) is 3.82. The maximum atomic E-state index is 6.06. The van der Waals surface area contributed by atoms with Crippen LogP contribution in [0.4, 0.5) is 5.82 Å². The summed E-state index contributed by atoms with van der Waals surface area (Å²) >= 11 is 12.0. The number of hydrogen-bond acceptors (Lipinski definition) is 3. The first kappa shape index (κ1) is 13.8. The SMILES string of the molecule is Nc1c(-c2cc(Cl)cc(Cl)c2)nc(-c2ccccc2)n1N. The number of nitrogens with two attached hydrogens (primary N) is 2. The molecule has 0 bridgehead atoms. The van der Waals surface area contributed by atoms with E-state index in [0.717, 1.165) is 11.1 Å². The molecule has 0 aliphatic carbocycles. The van der Waals surface area contributed by atoms with Crippen LogP contribution in [0, 0.1) is 0 Å². The minimum Gasteiger partial charge on any atom is -0.382 e. The quantitative estimate of drug-likeness (QED) is 0.706. The van der Waals surface area contributed by atoms with Crippen molar-refractivity contribution < 1.29 is 0 Å². The third-order valence-corrected chi connectivity index (χ3v) is 3.55. The zero-order chi connectivity index (χ0) is 15.0. The van der Waals surface area contributed by atoms with Crippen LogP contribution < -0.4 is 11.6 Å². The Hall–Kier alpha value is -2.17. The Labute approximate surface area is 131 Å². The molecule has 21 heavy (non-hydrogen) atoms. The van der Waals surface area contributed by atoms with E-state index in [0.29, 0.717) is 27.4 Å². The van der Waals surface area contributed by atoms with Gasteiger partial charge in [-0.05, 0) is 18.2 Å². The molecule has 6 heteroatoms. The monoisotopic (exact) mass is 318 g/mol. The van der Waals surface area contributed by atoms with Crippen LogP contribution >= 0.6 is 23.2 Å². The molecular weight excluding hydrogens is 307 g/mol. The number of anilines is 1. The molecule has 106 valence electrons. The van der Waals surface area contributed by atoms with E-state index in [2.05, 4.69) is 4.98 Å². The lowest BCUT2D eigenvalue weighted by Gasteiger charge is -2.02. The summed E-state index contributed by atoms with van der Waals surface area (Å²) in [6.07, 6.45) is 0. The van der Waals surface area contributed by atoms with Gasteiger partial charge in [-0.1, -0.05) is 53.5 Å². The third kappa shape index (κ3) is 2.55. The highest BCUT2D eigenvalue weighted by atomic mass is 35.5. The Balaban J connectivity index is 2.17. The average molecular weight is 319 g/mol. The van der Waals surface area contributed by atoms with Crippen LogP contribution in [0.2, 0.25) is 10.0 Å². The van der Waals surface area contributed by atoms with Crippen LogP contribution in [0.1, 0.15) is 0 Å². The maximum Gasteiger partial charge on any atom is 0.160 e.